The highest BCUT2D eigenvalue weighted by Crippen LogP contribution is 2.14. The Hall–Kier alpha value is -1.07. The minimum Gasteiger partial charge on any atom is -0.480 e. The highest BCUT2D eigenvalue weighted by atomic mass is 35.5. The summed E-state index contributed by atoms with van der Waals surface area (Å²) in [6.07, 6.45) is 1.95. The number of nitrogens with two attached hydrogens (primary N) is 1. The first-order valence-electron chi connectivity index (χ1n) is 4.18. The number of halogens is 1. The summed E-state index contributed by atoms with van der Waals surface area (Å²) < 4.78 is 1.54. The van der Waals surface area contributed by atoms with Crippen LogP contribution >= 0.6 is 11.6 Å². The van der Waals surface area contributed by atoms with Gasteiger partial charge >= 0.3 is 5.97 Å². The number of aromatic nitrogens is 2. The van der Waals surface area contributed by atoms with Gasteiger partial charge in [-0.15, -0.1) is 0 Å². The number of carboxylic acid groups (broad SMARTS) is 1. The fraction of sp³-hybridized carbons (Fsp3) is 0.500. The second-order valence-electron chi connectivity index (χ2n) is 3.07. The van der Waals surface area contributed by atoms with Crippen molar-refractivity contribution in [2.75, 3.05) is 0 Å². The largest absolute Gasteiger partial charge is 0.480 e. The molecule has 14 heavy (non-hydrogen) atoms. The van der Waals surface area contributed by atoms with E-state index in [1.54, 1.807) is 10.9 Å². The third-order valence-corrected chi connectivity index (χ3v) is 2.41. The van der Waals surface area contributed by atoms with E-state index in [0.717, 1.165) is 5.56 Å². The molecule has 0 amide bonds. The molecule has 0 spiro atoms. The van der Waals surface area contributed by atoms with Gasteiger partial charge in [0.15, 0.2) is 0 Å². The molecule has 3 N–H and O–H groups in total. The van der Waals surface area contributed by atoms with Crippen LogP contribution in [0.5, 0.6) is 0 Å². The van der Waals surface area contributed by atoms with Crippen LogP contribution in [0.15, 0.2) is 6.20 Å². The Morgan fingerprint density at radius 3 is 2.93 bits per heavy atom. The molecule has 0 saturated heterocycles. The molecule has 0 aromatic carbocycles. The van der Waals surface area contributed by atoms with Gasteiger partial charge in [0.1, 0.15) is 11.2 Å². The zero-order chi connectivity index (χ0) is 10.7. The number of rotatable bonds is 4. The molecule has 0 fully saturated rings. The molecular weight excluding hydrogens is 206 g/mol. The minimum absolute atomic E-state index is 0.316. The molecule has 0 aliphatic rings. The molecule has 1 heterocycles. The molecule has 6 heteroatoms. The van der Waals surface area contributed by atoms with Gasteiger partial charge in [-0.1, -0.05) is 11.6 Å². The molecule has 1 aromatic heterocycles. The molecule has 1 rings (SSSR count). The molecule has 0 aliphatic carbocycles. The highest BCUT2D eigenvalue weighted by molar-refractivity contribution is 6.30. The first-order chi connectivity index (χ1) is 6.52. The lowest BCUT2D eigenvalue weighted by atomic mass is 10.2. The van der Waals surface area contributed by atoms with Gasteiger partial charge < -0.3 is 10.8 Å². The van der Waals surface area contributed by atoms with Crippen molar-refractivity contribution < 1.29 is 9.90 Å². The summed E-state index contributed by atoms with van der Waals surface area (Å²) >= 11 is 5.88. The second kappa shape index (κ2) is 4.43. The van der Waals surface area contributed by atoms with Gasteiger partial charge in [0, 0.05) is 12.1 Å². The first kappa shape index (κ1) is 11.0. The molecular formula is C8H12ClN3O2. The molecule has 1 aromatic rings. The molecule has 1 unspecified atom stereocenters. The van der Waals surface area contributed by atoms with Crippen LogP contribution in [0.1, 0.15) is 12.0 Å². The Kier molecular flexibility index (Phi) is 3.49. The fourth-order valence-corrected chi connectivity index (χ4v) is 1.18. The van der Waals surface area contributed by atoms with Crippen LogP contribution in [0, 0.1) is 6.92 Å². The van der Waals surface area contributed by atoms with Crippen molar-refractivity contribution in [3.63, 3.8) is 0 Å². The maximum Gasteiger partial charge on any atom is 0.320 e. The number of aryl methyl sites for hydroxylation is 2. The first-order valence-corrected chi connectivity index (χ1v) is 4.56. The summed E-state index contributed by atoms with van der Waals surface area (Å²) in [7, 11) is 0. The normalized spacial score (nSPS) is 12.8. The third kappa shape index (κ3) is 2.46. The summed E-state index contributed by atoms with van der Waals surface area (Å²) in [6.45, 7) is 2.25. The van der Waals surface area contributed by atoms with E-state index in [1.165, 1.54) is 0 Å². The van der Waals surface area contributed by atoms with Gasteiger partial charge in [0.2, 0.25) is 0 Å². The lowest BCUT2D eigenvalue weighted by Gasteiger charge is -2.06. The zero-order valence-electron chi connectivity index (χ0n) is 7.77. The maximum atomic E-state index is 10.4. The highest BCUT2D eigenvalue weighted by Gasteiger charge is 2.12. The van der Waals surface area contributed by atoms with E-state index >= 15 is 0 Å². The van der Waals surface area contributed by atoms with Crippen molar-refractivity contribution in [2.24, 2.45) is 5.73 Å². The van der Waals surface area contributed by atoms with E-state index in [0.29, 0.717) is 18.1 Å². The summed E-state index contributed by atoms with van der Waals surface area (Å²) in [4.78, 5) is 10.4. The molecule has 1 atom stereocenters. The van der Waals surface area contributed by atoms with Crippen molar-refractivity contribution in [1.29, 1.82) is 0 Å². The van der Waals surface area contributed by atoms with Crippen molar-refractivity contribution >= 4 is 17.6 Å². The maximum absolute atomic E-state index is 10.4. The predicted molar refractivity (Wildman–Crippen MR) is 52.2 cm³/mol. The summed E-state index contributed by atoms with van der Waals surface area (Å²) in [5.74, 6) is -1.01. The average molecular weight is 218 g/mol. The van der Waals surface area contributed by atoms with Gasteiger partial charge in [-0.25, -0.2) is 0 Å². The van der Waals surface area contributed by atoms with Gasteiger partial charge in [0.05, 0.1) is 6.20 Å². The van der Waals surface area contributed by atoms with Gasteiger partial charge in [-0.2, -0.15) is 5.10 Å². The topological polar surface area (TPSA) is 81.1 Å². The SMILES string of the molecule is Cc1cnn(CCC(N)C(=O)O)c1Cl. The Morgan fingerprint density at radius 1 is 1.86 bits per heavy atom. The van der Waals surface area contributed by atoms with E-state index in [9.17, 15) is 4.79 Å². The average Bonchev–Trinajstić information content (AvgIpc) is 2.44. The number of carbonyl (C=O) groups is 1. The monoisotopic (exact) mass is 217 g/mol. The molecule has 0 bridgehead atoms. The lowest BCUT2D eigenvalue weighted by molar-refractivity contribution is -0.138. The predicted octanol–water partition coefficient (Wildman–Crippen LogP) is 0.647. The molecule has 0 radical (unpaired) electrons. The molecule has 0 saturated carbocycles. The number of carboxylic acids is 1. The van der Waals surface area contributed by atoms with Crippen molar-refractivity contribution in [2.45, 2.75) is 25.9 Å². The van der Waals surface area contributed by atoms with Crippen LogP contribution in [0.2, 0.25) is 5.15 Å². The Labute approximate surface area is 86.5 Å². The fourth-order valence-electron chi connectivity index (χ4n) is 1.00. The van der Waals surface area contributed by atoms with E-state index in [4.69, 9.17) is 22.4 Å². The molecule has 5 nitrogen and oxygen atoms in total. The number of aliphatic carboxylic acids is 1. The Bertz CT molecular complexity index is 337. The van der Waals surface area contributed by atoms with Gasteiger partial charge in [0.25, 0.3) is 0 Å². The van der Waals surface area contributed by atoms with Gasteiger partial charge in [-0.05, 0) is 13.3 Å². The Morgan fingerprint density at radius 2 is 2.50 bits per heavy atom. The lowest BCUT2D eigenvalue weighted by Crippen LogP contribution is -2.31. The van der Waals surface area contributed by atoms with Crippen LogP contribution < -0.4 is 5.73 Å². The Balaban J connectivity index is 2.54. The molecule has 0 aliphatic heterocycles. The molecule has 78 valence electrons. The van der Waals surface area contributed by atoms with E-state index in [2.05, 4.69) is 5.10 Å². The van der Waals surface area contributed by atoms with E-state index < -0.39 is 12.0 Å². The summed E-state index contributed by atoms with van der Waals surface area (Å²) in [5.41, 5.74) is 6.21. The van der Waals surface area contributed by atoms with Crippen LogP contribution in [0.3, 0.4) is 0 Å². The van der Waals surface area contributed by atoms with Crippen LogP contribution in [-0.4, -0.2) is 26.9 Å². The van der Waals surface area contributed by atoms with Gasteiger partial charge in [-0.3, -0.25) is 9.48 Å². The summed E-state index contributed by atoms with van der Waals surface area (Å²) in [6, 6.07) is -0.865. The minimum atomic E-state index is -1.01. The number of hydrogen-bond donors (Lipinski definition) is 2. The smallest absolute Gasteiger partial charge is 0.320 e. The number of nitrogens with zero attached hydrogens (tertiary/aromatic N) is 2. The van der Waals surface area contributed by atoms with E-state index in [-0.39, 0.29) is 0 Å². The summed E-state index contributed by atoms with van der Waals surface area (Å²) in [5, 5.41) is 13.1. The van der Waals surface area contributed by atoms with Crippen molar-refractivity contribution in [3.05, 3.63) is 16.9 Å². The van der Waals surface area contributed by atoms with Crippen LogP contribution in [-0.2, 0) is 11.3 Å². The van der Waals surface area contributed by atoms with E-state index in [1.807, 2.05) is 6.92 Å². The quantitative estimate of drug-likeness (QED) is 0.776. The standard InChI is InChI=1S/C8H12ClN3O2/c1-5-4-11-12(7(5)9)3-2-6(10)8(13)14/h4,6H,2-3,10H2,1H3,(H,13,14). The van der Waals surface area contributed by atoms with Crippen LogP contribution in [0.25, 0.3) is 0 Å². The van der Waals surface area contributed by atoms with Crippen molar-refractivity contribution in [3.8, 4) is 0 Å². The van der Waals surface area contributed by atoms with Crippen LogP contribution in [0.4, 0.5) is 0 Å². The third-order valence-electron chi connectivity index (χ3n) is 1.91. The number of hydrogen-bond acceptors (Lipinski definition) is 3. The zero-order valence-corrected chi connectivity index (χ0v) is 8.53. The van der Waals surface area contributed by atoms with Crippen molar-refractivity contribution in [1.82, 2.24) is 9.78 Å². The second-order valence-corrected chi connectivity index (χ2v) is 3.43.